The fraction of sp³-hybridized carbons (Fsp3) is 0.513. The van der Waals surface area contributed by atoms with E-state index in [0.717, 1.165) is 25.0 Å². The third-order valence-corrected chi connectivity index (χ3v) is 7.52. The Morgan fingerprint density at radius 1 is 0.981 bits per heavy atom. The van der Waals surface area contributed by atoms with Gasteiger partial charge in [-0.2, -0.15) is 0 Å². The molecule has 0 aromatic heterocycles. The van der Waals surface area contributed by atoms with Crippen LogP contribution in [0.15, 0.2) is 72.8 Å². The molecule has 0 saturated carbocycles. The summed E-state index contributed by atoms with van der Waals surface area (Å²) in [6.45, 7) is 7.83. The number of para-hydroxylation sites is 1. The number of allylic oxidation sites excluding steroid dienone is 3. The third kappa shape index (κ3) is 20.7. The van der Waals surface area contributed by atoms with Gasteiger partial charge in [0.05, 0.1) is 25.9 Å². The molecule has 0 aliphatic heterocycles. The van der Waals surface area contributed by atoms with E-state index < -0.39 is 29.2 Å². The van der Waals surface area contributed by atoms with Crippen molar-refractivity contribution in [3.05, 3.63) is 88.5 Å². The van der Waals surface area contributed by atoms with Gasteiger partial charge >= 0.3 is 11.9 Å². The summed E-state index contributed by atoms with van der Waals surface area (Å²) in [7, 11) is 1.35. The fourth-order valence-corrected chi connectivity index (χ4v) is 4.52. The minimum Gasteiger partial charge on any atom is -0.493 e. The predicted octanol–water partition coefficient (Wildman–Crippen LogP) is 8.17. The van der Waals surface area contributed by atoms with Crippen LogP contribution in [0.4, 0.5) is 4.39 Å². The first-order valence-electron chi connectivity index (χ1n) is 17.8. The molecule has 0 saturated heterocycles. The van der Waals surface area contributed by atoms with Gasteiger partial charge in [0.2, 0.25) is 5.91 Å². The second-order valence-corrected chi connectivity index (χ2v) is 11.8. The molecule has 13 heteroatoms. The Morgan fingerprint density at radius 2 is 1.71 bits per heavy atom. The van der Waals surface area contributed by atoms with Crippen LogP contribution >= 0.6 is 0 Å². The highest BCUT2D eigenvalue weighted by molar-refractivity contribution is 5.90. The average molecular weight is 731 g/mol. The number of nitrogens with one attached hydrogen (secondary N) is 1. The lowest BCUT2D eigenvalue weighted by atomic mass is 9.98. The second-order valence-electron chi connectivity index (χ2n) is 11.8. The van der Waals surface area contributed by atoms with Gasteiger partial charge in [0.15, 0.2) is 17.7 Å². The summed E-state index contributed by atoms with van der Waals surface area (Å²) in [6.07, 6.45) is 13.6. The highest BCUT2D eigenvalue weighted by atomic mass is 19.1. The number of esters is 2. The number of hydrogen-bond acceptors (Lipinski definition) is 10. The van der Waals surface area contributed by atoms with Crippen LogP contribution in [0.5, 0.6) is 17.2 Å². The lowest BCUT2D eigenvalue weighted by molar-refractivity contribution is -0.757. The molecule has 288 valence electrons. The smallest absolute Gasteiger partial charge is 0.338 e. The van der Waals surface area contributed by atoms with Crippen LogP contribution in [0.25, 0.3) is 0 Å². The van der Waals surface area contributed by atoms with Crippen LogP contribution in [0, 0.1) is 16.0 Å². The number of methoxy groups -OCH3 is 1. The summed E-state index contributed by atoms with van der Waals surface area (Å²) in [5.41, 5.74) is 0.177. The van der Waals surface area contributed by atoms with Gasteiger partial charge in [0, 0.05) is 6.42 Å². The number of rotatable bonds is 24. The van der Waals surface area contributed by atoms with Gasteiger partial charge in [-0.05, 0) is 88.6 Å². The van der Waals surface area contributed by atoms with Crippen LogP contribution < -0.4 is 19.5 Å². The van der Waals surface area contributed by atoms with Crippen molar-refractivity contribution in [2.45, 2.75) is 97.7 Å². The van der Waals surface area contributed by atoms with E-state index in [0.29, 0.717) is 31.6 Å². The van der Waals surface area contributed by atoms with Crippen molar-refractivity contribution < 1.29 is 47.6 Å². The zero-order valence-corrected chi connectivity index (χ0v) is 31.1. The van der Waals surface area contributed by atoms with Crippen LogP contribution in [-0.2, 0) is 19.2 Å². The number of carbonyl (C=O) groups is 3. The molecular formula is C39H55FN2O10. The quantitative estimate of drug-likeness (QED) is 0.0280. The minimum atomic E-state index is -1.03. The van der Waals surface area contributed by atoms with Crippen molar-refractivity contribution in [1.29, 1.82) is 0 Å². The zero-order valence-electron chi connectivity index (χ0n) is 31.1. The van der Waals surface area contributed by atoms with Gasteiger partial charge in [-0.3, -0.25) is 4.79 Å². The van der Waals surface area contributed by atoms with Gasteiger partial charge < -0.3 is 29.1 Å². The average Bonchev–Trinajstić information content (AvgIpc) is 3.14. The number of alkyl halides is 1. The number of carbonyl (C=O) groups excluding carboxylic acids is 3. The van der Waals surface area contributed by atoms with Crippen LogP contribution in [-0.4, -0.2) is 62.1 Å². The van der Waals surface area contributed by atoms with Crippen LogP contribution in [0.3, 0.4) is 0 Å². The molecule has 2 aromatic carbocycles. The van der Waals surface area contributed by atoms with Crippen LogP contribution in [0.2, 0.25) is 0 Å². The van der Waals surface area contributed by atoms with Gasteiger partial charge in [-0.15, -0.1) is 10.1 Å². The monoisotopic (exact) mass is 730 g/mol. The van der Waals surface area contributed by atoms with E-state index in [-0.39, 0.29) is 42.8 Å². The van der Waals surface area contributed by atoms with Gasteiger partial charge in [0.1, 0.15) is 18.4 Å². The Kier molecular flexibility index (Phi) is 24.1. The van der Waals surface area contributed by atoms with Crippen molar-refractivity contribution in [3.63, 3.8) is 0 Å². The standard InChI is InChI=1S/C22H30N2O9.C17H25FO/c1-4-5-6-7-10-20(25)23-16(2)21(26)33-18-12-11-17(15-19(18)30-3)22(27)31-13-8-9-14-32-24(28)29;1-3-5-9-15(4-2)12-13-16(18)14-19-17-10-7-6-8-11-17/h4-5,11-12,15-16H,6-10,13-14H2,1-3H3,(H,23,25);6-8,10-13,15-16H,3-5,9,14H2,1-2H3/b5-4-;13-12+. The number of halogens is 1. The van der Waals surface area contributed by atoms with E-state index in [2.05, 4.69) is 24.0 Å². The number of nitrogens with zero attached hydrogens (tertiary/aromatic N) is 1. The summed E-state index contributed by atoms with van der Waals surface area (Å²) in [4.78, 5) is 50.7. The molecule has 3 atom stereocenters. The first kappa shape index (κ1) is 45.1. The second kappa shape index (κ2) is 27.7. The molecule has 0 fully saturated rings. The van der Waals surface area contributed by atoms with Gasteiger partial charge in [0.25, 0.3) is 5.09 Å². The Morgan fingerprint density at radius 3 is 2.37 bits per heavy atom. The molecule has 0 heterocycles. The maximum Gasteiger partial charge on any atom is 0.338 e. The number of amides is 1. The van der Waals surface area contributed by atoms with Crippen LogP contribution in [0.1, 0.15) is 95.8 Å². The van der Waals surface area contributed by atoms with E-state index in [1.54, 1.807) is 6.08 Å². The largest absolute Gasteiger partial charge is 0.493 e. The first-order chi connectivity index (χ1) is 25.0. The molecule has 1 amide bonds. The first-order valence-corrected chi connectivity index (χ1v) is 17.8. The van der Waals surface area contributed by atoms with E-state index >= 15 is 0 Å². The Hall–Kier alpha value is -4.94. The lowest BCUT2D eigenvalue weighted by Crippen LogP contribution is -2.40. The molecule has 12 nitrogen and oxygen atoms in total. The number of hydrogen-bond donors (Lipinski definition) is 1. The lowest BCUT2D eigenvalue weighted by Gasteiger charge is -2.15. The summed E-state index contributed by atoms with van der Waals surface area (Å²) < 4.78 is 34.7. The van der Waals surface area contributed by atoms with Crippen molar-refractivity contribution in [3.8, 4) is 17.2 Å². The topological polar surface area (TPSA) is 153 Å². The van der Waals surface area contributed by atoms with E-state index in [4.69, 9.17) is 18.9 Å². The summed E-state index contributed by atoms with van der Waals surface area (Å²) in [5.74, 6) is -0.111. The molecule has 2 rings (SSSR count). The molecule has 0 aliphatic rings. The maximum atomic E-state index is 13.7. The normalized spacial score (nSPS) is 12.6. The van der Waals surface area contributed by atoms with Crippen molar-refractivity contribution in [2.75, 3.05) is 26.9 Å². The van der Waals surface area contributed by atoms with E-state index in [9.17, 15) is 28.9 Å². The molecule has 2 aromatic rings. The molecule has 0 bridgehead atoms. The summed E-state index contributed by atoms with van der Waals surface area (Å²) in [5, 5.41) is 11.8. The van der Waals surface area contributed by atoms with Crippen molar-refractivity contribution >= 4 is 17.8 Å². The van der Waals surface area contributed by atoms with E-state index in [1.165, 1.54) is 45.1 Å². The highest BCUT2D eigenvalue weighted by Gasteiger charge is 2.20. The van der Waals surface area contributed by atoms with Crippen molar-refractivity contribution in [2.24, 2.45) is 5.92 Å². The van der Waals surface area contributed by atoms with Gasteiger partial charge in [-0.1, -0.05) is 69.2 Å². The number of unbranched alkanes of at least 4 members (excludes halogenated alkanes) is 3. The molecule has 1 N–H and O–H groups in total. The SMILES string of the molecule is C/C=C\CCCC(=O)NC(C)C(=O)Oc1ccc(C(=O)OCCCCO[N+](=O)[O-])cc1OC.CCCCC(/C=C/C(F)COc1ccccc1)CC. The molecular weight excluding hydrogens is 675 g/mol. The molecule has 3 unspecified atom stereocenters. The molecule has 0 radical (unpaired) electrons. The van der Waals surface area contributed by atoms with Gasteiger partial charge in [-0.25, -0.2) is 14.0 Å². The predicted molar refractivity (Wildman–Crippen MR) is 197 cm³/mol. The number of benzene rings is 2. The maximum absolute atomic E-state index is 13.7. The van der Waals surface area contributed by atoms with E-state index in [1.807, 2.05) is 55.5 Å². The zero-order chi connectivity index (χ0) is 38.6. The van der Waals surface area contributed by atoms with Crippen molar-refractivity contribution in [1.82, 2.24) is 5.32 Å². The third-order valence-electron chi connectivity index (χ3n) is 7.52. The molecule has 52 heavy (non-hydrogen) atoms. The minimum absolute atomic E-state index is 0.0604. The Bertz CT molecular complexity index is 1390. The molecule has 0 aliphatic carbocycles. The Labute approximate surface area is 306 Å². The molecule has 0 spiro atoms. The highest BCUT2D eigenvalue weighted by Crippen LogP contribution is 2.29. The summed E-state index contributed by atoms with van der Waals surface area (Å²) in [6, 6.07) is 12.7. The summed E-state index contributed by atoms with van der Waals surface area (Å²) >= 11 is 0. The fourth-order valence-electron chi connectivity index (χ4n) is 4.52. The Balaban J connectivity index is 0.000000601. The number of ether oxygens (including phenoxy) is 4.